The summed E-state index contributed by atoms with van der Waals surface area (Å²) in [6, 6.07) is 1.66. The molecule has 1 aromatic heterocycles. The van der Waals surface area contributed by atoms with Crippen LogP contribution in [0, 0.1) is 0 Å². The first kappa shape index (κ1) is 24.4. The smallest absolute Gasteiger partial charge is 0.303 e. The molecule has 1 saturated heterocycles. The molecular weight excluding hydrogens is 432 g/mol. The number of hydrogen-bond acceptors (Lipinski definition) is 11. The fraction of sp³-hybridized carbons (Fsp3) is 0.500. The molecule has 31 heavy (non-hydrogen) atoms. The summed E-state index contributed by atoms with van der Waals surface area (Å²) >= 11 is 1.36. The lowest BCUT2D eigenvalue weighted by atomic mass is 9.98. The van der Waals surface area contributed by atoms with Gasteiger partial charge in [0, 0.05) is 27.7 Å². The van der Waals surface area contributed by atoms with Crippen LogP contribution in [0.25, 0.3) is 6.08 Å². The topological polar surface area (TPSA) is 124 Å². The fourth-order valence-corrected chi connectivity index (χ4v) is 3.63. The molecule has 10 nitrogen and oxygen atoms in total. The van der Waals surface area contributed by atoms with Gasteiger partial charge in [-0.15, -0.1) is 11.3 Å². The van der Waals surface area contributed by atoms with Crippen LogP contribution in [0.1, 0.15) is 32.6 Å². The molecule has 0 aliphatic carbocycles. The molecule has 5 unspecified atom stereocenters. The monoisotopic (exact) mass is 456 g/mol. The Labute approximate surface area is 183 Å². The molecule has 0 aromatic carbocycles. The Hall–Kier alpha value is -2.92. The van der Waals surface area contributed by atoms with E-state index in [1.54, 1.807) is 17.5 Å². The van der Waals surface area contributed by atoms with E-state index in [0.717, 1.165) is 20.8 Å². The van der Waals surface area contributed by atoms with E-state index in [9.17, 15) is 19.2 Å². The van der Waals surface area contributed by atoms with Crippen molar-refractivity contribution in [1.82, 2.24) is 0 Å². The molecule has 170 valence electrons. The van der Waals surface area contributed by atoms with Crippen molar-refractivity contribution in [3.63, 3.8) is 0 Å². The van der Waals surface area contributed by atoms with Crippen LogP contribution in [0.3, 0.4) is 0 Å². The van der Waals surface area contributed by atoms with E-state index < -0.39 is 54.6 Å². The van der Waals surface area contributed by atoms with Crippen LogP contribution in [0.15, 0.2) is 18.0 Å². The van der Waals surface area contributed by atoms with Gasteiger partial charge in [0.05, 0.1) is 4.88 Å². The summed E-state index contributed by atoms with van der Waals surface area (Å²) in [5.41, 5.74) is 0. The average molecular weight is 456 g/mol. The largest absolute Gasteiger partial charge is 0.463 e. The quantitative estimate of drug-likeness (QED) is 0.423. The number of carbonyl (C=O) groups is 4. The SMILES string of the molecule is C=Cc1sccc1OC1OC(COC(C)=O)C(OC(C)=O)C(OC(C)=O)C1OC(C)=O. The van der Waals surface area contributed by atoms with Gasteiger partial charge in [-0.2, -0.15) is 0 Å². The summed E-state index contributed by atoms with van der Waals surface area (Å²) in [6.45, 7) is 8.04. The predicted octanol–water partition coefficient (Wildman–Crippen LogP) is 1.85. The van der Waals surface area contributed by atoms with E-state index >= 15 is 0 Å². The fourth-order valence-electron chi connectivity index (χ4n) is 2.96. The van der Waals surface area contributed by atoms with Crippen LogP contribution in [0.2, 0.25) is 0 Å². The van der Waals surface area contributed by atoms with Crippen LogP contribution in [-0.4, -0.2) is 61.2 Å². The van der Waals surface area contributed by atoms with E-state index in [1.807, 2.05) is 0 Å². The number of ether oxygens (including phenoxy) is 6. The molecule has 1 aromatic rings. The molecule has 5 atom stereocenters. The first-order chi connectivity index (χ1) is 14.6. The number of thiophene rings is 1. The Bertz CT molecular complexity index is 832. The van der Waals surface area contributed by atoms with Gasteiger partial charge in [-0.1, -0.05) is 6.58 Å². The van der Waals surface area contributed by atoms with Crippen molar-refractivity contribution >= 4 is 41.3 Å². The number of carbonyl (C=O) groups excluding carboxylic acids is 4. The summed E-state index contributed by atoms with van der Waals surface area (Å²) in [4.78, 5) is 47.3. The zero-order valence-electron chi connectivity index (χ0n) is 17.5. The predicted molar refractivity (Wildman–Crippen MR) is 107 cm³/mol. The highest BCUT2D eigenvalue weighted by Gasteiger charge is 2.53. The molecule has 11 heteroatoms. The summed E-state index contributed by atoms with van der Waals surface area (Å²) in [5, 5.41) is 1.76. The van der Waals surface area contributed by atoms with Gasteiger partial charge in [-0.05, 0) is 17.5 Å². The Morgan fingerprint density at radius 2 is 1.55 bits per heavy atom. The minimum Gasteiger partial charge on any atom is -0.463 e. The molecule has 0 bridgehead atoms. The number of hydrogen-bond donors (Lipinski definition) is 0. The Kier molecular flexibility index (Phi) is 8.57. The van der Waals surface area contributed by atoms with Gasteiger partial charge in [0.2, 0.25) is 12.4 Å². The second kappa shape index (κ2) is 10.9. The van der Waals surface area contributed by atoms with Gasteiger partial charge in [0.15, 0.2) is 12.2 Å². The Morgan fingerprint density at radius 3 is 2.10 bits per heavy atom. The zero-order chi connectivity index (χ0) is 23.1. The lowest BCUT2D eigenvalue weighted by Gasteiger charge is -2.43. The minimum absolute atomic E-state index is 0.324. The van der Waals surface area contributed by atoms with Gasteiger partial charge in [0.25, 0.3) is 0 Å². The van der Waals surface area contributed by atoms with Crippen molar-refractivity contribution in [1.29, 1.82) is 0 Å². The summed E-state index contributed by atoms with van der Waals surface area (Å²) in [5.74, 6) is -2.32. The van der Waals surface area contributed by atoms with Crippen molar-refractivity contribution < 1.29 is 47.6 Å². The molecule has 1 fully saturated rings. The van der Waals surface area contributed by atoms with Crippen LogP contribution >= 0.6 is 11.3 Å². The first-order valence-corrected chi connectivity index (χ1v) is 10.2. The standard InChI is InChI=1S/C20H24O10S/c1-6-16-14(7-8-31-16)29-20-19(28-13(5)24)18(27-12(4)23)17(26-11(3)22)15(30-20)9-25-10(2)21/h6-8,15,17-20H,1,9H2,2-5H3. The highest BCUT2D eigenvalue weighted by Crippen LogP contribution is 2.33. The maximum Gasteiger partial charge on any atom is 0.303 e. The summed E-state index contributed by atoms with van der Waals surface area (Å²) in [7, 11) is 0. The van der Waals surface area contributed by atoms with Crippen molar-refractivity contribution in [2.45, 2.75) is 58.4 Å². The van der Waals surface area contributed by atoms with E-state index in [0.29, 0.717) is 10.6 Å². The second-order valence-electron chi connectivity index (χ2n) is 6.54. The van der Waals surface area contributed by atoms with Crippen LogP contribution in [0.5, 0.6) is 5.75 Å². The van der Waals surface area contributed by atoms with Crippen molar-refractivity contribution in [2.75, 3.05) is 6.61 Å². The molecule has 0 saturated carbocycles. The summed E-state index contributed by atoms with van der Waals surface area (Å²) in [6.07, 6.45) is -4.56. The minimum atomic E-state index is -1.28. The van der Waals surface area contributed by atoms with Crippen molar-refractivity contribution in [2.24, 2.45) is 0 Å². The highest BCUT2D eigenvalue weighted by molar-refractivity contribution is 7.11. The lowest BCUT2D eigenvalue weighted by Crippen LogP contribution is -2.63. The van der Waals surface area contributed by atoms with Gasteiger partial charge < -0.3 is 28.4 Å². The normalized spacial score (nSPS) is 25.1. The highest BCUT2D eigenvalue weighted by atomic mass is 32.1. The van der Waals surface area contributed by atoms with Crippen LogP contribution in [-0.2, 0) is 42.9 Å². The van der Waals surface area contributed by atoms with Crippen LogP contribution in [0.4, 0.5) is 0 Å². The third-order valence-electron chi connectivity index (χ3n) is 4.03. The van der Waals surface area contributed by atoms with Crippen molar-refractivity contribution in [3.05, 3.63) is 22.9 Å². The van der Waals surface area contributed by atoms with Gasteiger partial charge in [-0.25, -0.2) is 0 Å². The first-order valence-electron chi connectivity index (χ1n) is 9.29. The maximum absolute atomic E-state index is 11.8. The van der Waals surface area contributed by atoms with Gasteiger partial charge in [-0.3, -0.25) is 19.2 Å². The third kappa shape index (κ3) is 6.79. The molecule has 0 N–H and O–H groups in total. The molecule has 2 rings (SSSR count). The van der Waals surface area contributed by atoms with Crippen molar-refractivity contribution in [3.8, 4) is 5.75 Å². The van der Waals surface area contributed by atoms with E-state index in [-0.39, 0.29) is 6.61 Å². The molecule has 2 heterocycles. The lowest BCUT2D eigenvalue weighted by molar-refractivity contribution is -0.288. The van der Waals surface area contributed by atoms with Crippen LogP contribution < -0.4 is 4.74 Å². The average Bonchev–Trinajstić information content (AvgIpc) is 3.11. The third-order valence-corrected chi connectivity index (χ3v) is 4.93. The maximum atomic E-state index is 11.8. The molecular formula is C20H24O10S. The molecule has 1 aliphatic heterocycles. The van der Waals surface area contributed by atoms with E-state index in [2.05, 4.69) is 6.58 Å². The molecule has 0 radical (unpaired) electrons. The molecule has 0 spiro atoms. The number of esters is 4. The van der Waals surface area contributed by atoms with E-state index in [4.69, 9.17) is 28.4 Å². The summed E-state index contributed by atoms with van der Waals surface area (Å²) < 4.78 is 32.8. The molecule has 0 amide bonds. The Morgan fingerprint density at radius 1 is 0.968 bits per heavy atom. The second-order valence-corrected chi connectivity index (χ2v) is 7.49. The zero-order valence-corrected chi connectivity index (χ0v) is 18.3. The van der Waals surface area contributed by atoms with Gasteiger partial charge >= 0.3 is 23.9 Å². The van der Waals surface area contributed by atoms with Gasteiger partial charge in [0.1, 0.15) is 18.5 Å². The number of rotatable bonds is 8. The van der Waals surface area contributed by atoms with E-state index in [1.165, 1.54) is 18.3 Å². The Balaban J connectivity index is 2.45. The molecule has 1 aliphatic rings.